The lowest BCUT2D eigenvalue weighted by atomic mass is 10.2. The molecular formula is C13H17N5O3. The molecule has 2 heterocycles. The van der Waals surface area contributed by atoms with Gasteiger partial charge in [0.25, 0.3) is 5.91 Å². The van der Waals surface area contributed by atoms with Crippen LogP contribution in [0.3, 0.4) is 0 Å². The molecule has 2 aromatic rings. The number of aromatic nitrogens is 4. The number of nitrogens with zero attached hydrogens (tertiary/aromatic N) is 4. The first-order chi connectivity index (χ1) is 9.88. The molecule has 0 aromatic carbocycles. The Bertz CT molecular complexity index is 673. The molecule has 112 valence electrons. The number of rotatable bonds is 5. The number of amides is 1. The van der Waals surface area contributed by atoms with Crippen LogP contribution in [0.2, 0.25) is 0 Å². The minimum atomic E-state index is -1.00. The molecule has 0 saturated carbocycles. The van der Waals surface area contributed by atoms with Crippen LogP contribution in [0.25, 0.3) is 0 Å². The Balaban J connectivity index is 2.01. The number of carboxylic acid groups (broad SMARTS) is 1. The first kappa shape index (κ1) is 14.8. The van der Waals surface area contributed by atoms with E-state index in [1.807, 2.05) is 20.2 Å². The number of nitrogens with one attached hydrogen (secondary N) is 1. The summed E-state index contributed by atoms with van der Waals surface area (Å²) in [5, 5.41) is 19.7. The zero-order valence-electron chi connectivity index (χ0n) is 12.1. The van der Waals surface area contributed by atoms with Gasteiger partial charge in [0.2, 0.25) is 0 Å². The summed E-state index contributed by atoms with van der Waals surface area (Å²) in [5.74, 6) is -1.31. The van der Waals surface area contributed by atoms with Crippen LogP contribution in [0, 0.1) is 6.92 Å². The molecule has 8 nitrogen and oxygen atoms in total. The lowest BCUT2D eigenvalue weighted by molar-refractivity contribution is -0.140. The Hall–Kier alpha value is -2.64. The Kier molecular flexibility index (Phi) is 4.06. The van der Waals surface area contributed by atoms with Crippen LogP contribution in [0.5, 0.6) is 0 Å². The van der Waals surface area contributed by atoms with E-state index in [1.54, 1.807) is 4.68 Å². The number of hydrogen-bond donors (Lipinski definition) is 2. The summed E-state index contributed by atoms with van der Waals surface area (Å²) in [6.45, 7) is 3.72. The summed E-state index contributed by atoms with van der Waals surface area (Å²) in [4.78, 5) is 22.9. The maximum absolute atomic E-state index is 12.0. The first-order valence-corrected chi connectivity index (χ1v) is 6.42. The van der Waals surface area contributed by atoms with E-state index in [0.717, 1.165) is 11.3 Å². The molecule has 21 heavy (non-hydrogen) atoms. The third kappa shape index (κ3) is 3.28. The third-order valence-corrected chi connectivity index (χ3v) is 3.17. The van der Waals surface area contributed by atoms with E-state index in [4.69, 9.17) is 5.11 Å². The molecule has 2 N–H and O–H groups in total. The number of hydrogen-bond acceptors (Lipinski definition) is 4. The monoisotopic (exact) mass is 291 g/mol. The fourth-order valence-electron chi connectivity index (χ4n) is 1.88. The summed E-state index contributed by atoms with van der Waals surface area (Å²) < 4.78 is 2.93. The number of aryl methyl sites for hydroxylation is 2. The van der Waals surface area contributed by atoms with Gasteiger partial charge in [-0.25, -0.2) is 4.79 Å². The van der Waals surface area contributed by atoms with Crippen molar-refractivity contribution in [1.29, 1.82) is 0 Å². The molecule has 1 unspecified atom stereocenters. The average molecular weight is 291 g/mol. The van der Waals surface area contributed by atoms with Crippen molar-refractivity contribution in [3.8, 4) is 0 Å². The highest BCUT2D eigenvalue weighted by atomic mass is 16.4. The number of aliphatic carboxylic acids is 1. The maximum Gasteiger partial charge on any atom is 0.328 e. The highest BCUT2D eigenvalue weighted by Gasteiger charge is 2.16. The van der Waals surface area contributed by atoms with Gasteiger partial charge in [-0.1, -0.05) is 0 Å². The fraction of sp³-hybridized carbons (Fsp3) is 0.385. The van der Waals surface area contributed by atoms with Crippen LogP contribution < -0.4 is 5.32 Å². The van der Waals surface area contributed by atoms with Crippen molar-refractivity contribution in [2.75, 3.05) is 0 Å². The van der Waals surface area contributed by atoms with Crippen molar-refractivity contribution >= 4 is 11.9 Å². The molecular weight excluding hydrogens is 274 g/mol. The van der Waals surface area contributed by atoms with Gasteiger partial charge in [-0.3, -0.25) is 14.2 Å². The Morgan fingerprint density at radius 2 is 2.14 bits per heavy atom. The normalized spacial score (nSPS) is 12.1. The van der Waals surface area contributed by atoms with Crippen LogP contribution in [-0.4, -0.2) is 36.5 Å². The lowest BCUT2D eigenvalue weighted by Crippen LogP contribution is -2.22. The second-order valence-electron chi connectivity index (χ2n) is 4.82. The predicted octanol–water partition coefficient (Wildman–Crippen LogP) is 0.501. The molecule has 1 atom stereocenters. The minimum Gasteiger partial charge on any atom is -0.480 e. The highest BCUT2D eigenvalue weighted by molar-refractivity contribution is 5.93. The summed E-state index contributed by atoms with van der Waals surface area (Å²) in [6, 6.07) is -0.813. The standard InChI is InChI=1S/C13H17N5O3/c1-8-10(6-17(3)16-8)4-14-12(19)11-5-15-18(7-11)9(2)13(20)21/h5-7,9H,4H2,1-3H3,(H,14,19)(H,20,21). The molecule has 0 saturated heterocycles. The van der Waals surface area contributed by atoms with Gasteiger partial charge in [-0.15, -0.1) is 0 Å². The van der Waals surface area contributed by atoms with Crippen LogP contribution in [-0.2, 0) is 18.4 Å². The van der Waals surface area contributed by atoms with Crippen LogP contribution in [0.15, 0.2) is 18.6 Å². The van der Waals surface area contributed by atoms with E-state index in [2.05, 4.69) is 15.5 Å². The molecule has 0 spiro atoms. The lowest BCUT2D eigenvalue weighted by Gasteiger charge is -2.05. The van der Waals surface area contributed by atoms with Crippen LogP contribution >= 0.6 is 0 Å². The Morgan fingerprint density at radius 1 is 1.43 bits per heavy atom. The zero-order valence-corrected chi connectivity index (χ0v) is 12.1. The molecule has 2 aromatic heterocycles. The smallest absolute Gasteiger partial charge is 0.328 e. The predicted molar refractivity (Wildman–Crippen MR) is 73.7 cm³/mol. The summed E-state index contributed by atoms with van der Waals surface area (Å²) in [7, 11) is 1.82. The molecule has 1 amide bonds. The van der Waals surface area contributed by atoms with Gasteiger partial charge in [0.15, 0.2) is 0 Å². The first-order valence-electron chi connectivity index (χ1n) is 6.42. The van der Waals surface area contributed by atoms with E-state index < -0.39 is 12.0 Å². The van der Waals surface area contributed by atoms with Crippen molar-refractivity contribution < 1.29 is 14.7 Å². The van der Waals surface area contributed by atoms with Crippen molar-refractivity contribution in [3.05, 3.63) is 35.4 Å². The van der Waals surface area contributed by atoms with E-state index in [-0.39, 0.29) is 5.91 Å². The summed E-state index contributed by atoms with van der Waals surface area (Å²) >= 11 is 0. The minimum absolute atomic E-state index is 0.304. The fourth-order valence-corrected chi connectivity index (χ4v) is 1.88. The van der Waals surface area contributed by atoms with Crippen LogP contribution in [0.4, 0.5) is 0 Å². The second kappa shape index (κ2) is 5.78. The SMILES string of the molecule is Cc1nn(C)cc1CNC(=O)c1cnn(C(C)C(=O)O)c1. The van der Waals surface area contributed by atoms with E-state index in [9.17, 15) is 9.59 Å². The summed E-state index contributed by atoms with van der Waals surface area (Å²) in [5.41, 5.74) is 2.11. The Labute approximate surface area is 121 Å². The van der Waals surface area contributed by atoms with Crippen molar-refractivity contribution in [2.24, 2.45) is 7.05 Å². The Morgan fingerprint density at radius 3 is 2.71 bits per heavy atom. The number of carboxylic acids is 1. The molecule has 0 fully saturated rings. The quantitative estimate of drug-likeness (QED) is 0.835. The maximum atomic E-state index is 12.0. The van der Waals surface area contributed by atoms with E-state index in [1.165, 1.54) is 24.0 Å². The molecule has 0 bridgehead atoms. The molecule has 8 heteroatoms. The van der Waals surface area contributed by atoms with Crippen molar-refractivity contribution in [3.63, 3.8) is 0 Å². The zero-order chi connectivity index (χ0) is 15.6. The van der Waals surface area contributed by atoms with E-state index >= 15 is 0 Å². The highest BCUT2D eigenvalue weighted by Crippen LogP contribution is 2.08. The van der Waals surface area contributed by atoms with Crippen molar-refractivity contribution in [1.82, 2.24) is 24.9 Å². The molecule has 0 aliphatic heterocycles. The largest absolute Gasteiger partial charge is 0.480 e. The van der Waals surface area contributed by atoms with Gasteiger partial charge in [0, 0.05) is 31.5 Å². The molecule has 0 aliphatic rings. The molecule has 0 radical (unpaired) electrons. The van der Waals surface area contributed by atoms with Crippen LogP contribution in [0.1, 0.15) is 34.6 Å². The van der Waals surface area contributed by atoms with Gasteiger partial charge >= 0.3 is 5.97 Å². The van der Waals surface area contributed by atoms with Gasteiger partial charge in [0.05, 0.1) is 17.5 Å². The third-order valence-electron chi connectivity index (χ3n) is 3.17. The number of carbonyl (C=O) groups excluding carboxylic acids is 1. The molecule has 0 aliphatic carbocycles. The topological polar surface area (TPSA) is 102 Å². The van der Waals surface area contributed by atoms with Gasteiger partial charge in [-0.2, -0.15) is 10.2 Å². The van der Waals surface area contributed by atoms with E-state index in [0.29, 0.717) is 12.1 Å². The summed E-state index contributed by atoms with van der Waals surface area (Å²) in [6.07, 6.45) is 4.61. The second-order valence-corrected chi connectivity index (χ2v) is 4.82. The van der Waals surface area contributed by atoms with Crippen molar-refractivity contribution in [2.45, 2.75) is 26.4 Å². The van der Waals surface area contributed by atoms with Gasteiger partial charge in [-0.05, 0) is 13.8 Å². The average Bonchev–Trinajstić information content (AvgIpc) is 3.02. The van der Waals surface area contributed by atoms with Gasteiger partial charge < -0.3 is 10.4 Å². The van der Waals surface area contributed by atoms with Gasteiger partial charge in [0.1, 0.15) is 6.04 Å². The number of carbonyl (C=O) groups is 2. The molecule has 2 rings (SSSR count).